The van der Waals surface area contributed by atoms with Gasteiger partial charge in [-0.05, 0) is 44.0 Å². The number of non-ortho nitro benzene ring substituents is 1. The van der Waals surface area contributed by atoms with E-state index in [0.29, 0.717) is 5.56 Å². The van der Waals surface area contributed by atoms with Gasteiger partial charge in [-0.2, -0.15) is 4.31 Å². The quantitative estimate of drug-likeness (QED) is 0.232. The topological polar surface area (TPSA) is 107 Å². The fourth-order valence-electron chi connectivity index (χ4n) is 4.42. The van der Waals surface area contributed by atoms with E-state index < -0.39 is 38.8 Å². The Hall–Kier alpha value is -3.89. The van der Waals surface area contributed by atoms with Crippen LogP contribution in [0.4, 0.5) is 10.1 Å². The Morgan fingerprint density at radius 2 is 1.73 bits per heavy atom. The van der Waals surface area contributed by atoms with Gasteiger partial charge in [-0.1, -0.05) is 54.1 Å². The van der Waals surface area contributed by atoms with Crippen LogP contribution in [-0.2, 0) is 19.6 Å². The number of hydrogen-bond donors (Lipinski definition) is 0. The van der Waals surface area contributed by atoms with Crippen molar-refractivity contribution in [2.24, 2.45) is 0 Å². The Morgan fingerprint density at radius 1 is 1.08 bits per heavy atom. The highest BCUT2D eigenvalue weighted by Gasteiger charge is 2.45. The molecule has 1 aliphatic rings. The van der Waals surface area contributed by atoms with Crippen molar-refractivity contribution in [1.29, 1.82) is 0 Å². The number of aryl methyl sites for hydroxylation is 1. The molecular formula is C27H25FN2O6S. The van der Waals surface area contributed by atoms with Crippen LogP contribution in [0.2, 0.25) is 0 Å². The number of rotatable bonds is 7. The van der Waals surface area contributed by atoms with Crippen LogP contribution in [-0.4, -0.2) is 30.2 Å². The lowest BCUT2D eigenvalue weighted by molar-refractivity contribution is -0.384. The van der Waals surface area contributed by atoms with Gasteiger partial charge in [0.15, 0.2) is 0 Å². The van der Waals surface area contributed by atoms with E-state index in [1.165, 1.54) is 54.6 Å². The van der Waals surface area contributed by atoms with E-state index >= 15 is 4.39 Å². The molecule has 37 heavy (non-hydrogen) atoms. The lowest BCUT2D eigenvalue weighted by Gasteiger charge is -2.41. The maximum atomic E-state index is 15.2. The number of esters is 1. The summed E-state index contributed by atoms with van der Waals surface area (Å²) in [6, 6.07) is 15.2. The lowest BCUT2D eigenvalue weighted by atomic mass is 9.89. The number of nitrogens with zero attached hydrogens (tertiary/aromatic N) is 2. The highest BCUT2D eigenvalue weighted by atomic mass is 32.2. The second-order valence-corrected chi connectivity index (χ2v) is 10.4. The molecule has 192 valence electrons. The average molecular weight is 525 g/mol. The van der Waals surface area contributed by atoms with E-state index in [2.05, 4.69) is 0 Å². The van der Waals surface area contributed by atoms with E-state index in [1.54, 1.807) is 31.2 Å². The van der Waals surface area contributed by atoms with Crippen LogP contribution in [0.15, 0.2) is 89.3 Å². The van der Waals surface area contributed by atoms with Crippen molar-refractivity contribution in [1.82, 2.24) is 4.31 Å². The van der Waals surface area contributed by atoms with Gasteiger partial charge in [0.05, 0.1) is 34.1 Å². The molecule has 4 rings (SSSR count). The maximum absolute atomic E-state index is 15.2. The summed E-state index contributed by atoms with van der Waals surface area (Å²) in [6.07, 6.45) is 1.63. The fourth-order valence-corrected chi connectivity index (χ4v) is 6.19. The standard InChI is InChI=1S/C27H25FN2O6S/c1-3-36-27(31)23-16-17-25(19-10-12-20(13-11-19)30(32)33)29(26(23)22-6-4-5-7-24(22)28)37(34,35)21-14-8-18(2)9-15-21/h4-16,25-26H,3,17H2,1-2H3/t25-,26-/m0/s1. The van der Waals surface area contributed by atoms with E-state index in [4.69, 9.17) is 4.74 Å². The second-order valence-electron chi connectivity index (χ2n) is 8.55. The largest absolute Gasteiger partial charge is 0.463 e. The third-order valence-corrected chi connectivity index (χ3v) is 8.10. The molecule has 8 nitrogen and oxygen atoms in total. The van der Waals surface area contributed by atoms with Crippen LogP contribution in [0.3, 0.4) is 0 Å². The predicted molar refractivity (Wildman–Crippen MR) is 135 cm³/mol. The molecule has 10 heteroatoms. The number of carbonyl (C=O) groups excluding carboxylic acids is 1. The summed E-state index contributed by atoms with van der Waals surface area (Å²) in [5.41, 5.74) is 1.15. The zero-order valence-corrected chi connectivity index (χ0v) is 21.0. The molecule has 0 spiro atoms. The van der Waals surface area contributed by atoms with Gasteiger partial charge in [-0.15, -0.1) is 0 Å². The van der Waals surface area contributed by atoms with Crippen LogP contribution in [0.1, 0.15) is 42.1 Å². The smallest absolute Gasteiger partial charge is 0.335 e. The first kappa shape index (κ1) is 26.2. The fraction of sp³-hybridized carbons (Fsp3) is 0.222. The molecule has 0 amide bonds. The molecule has 0 radical (unpaired) electrons. The summed E-state index contributed by atoms with van der Waals surface area (Å²) in [4.78, 5) is 23.6. The van der Waals surface area contributed by atoms with Gasteiger partial charge in [0.1, 0.15) is 5.82 Å². The summed E-state index contributed by atoms with van der Waals surface area (Å²) >= 11 is 0. The minimum atomic E-state index is -4.31. The Labute approximate surface area is 214 Å². The van der Waals surface area contributed by atoms with Gasteiger partial charge in [0.2, 0.25) is 10.0 Å². The highest BCUT2D eigenvalue weighted by molar-refractivity contribution is 7.89. The van der Waals surface area contributed by atoms with Crippen molar-refractivity contribution in [2.45, 2.75) is 37.2 Å². The van der Waals surface area contributed by atoms with Gasteiger partial charge in [0, 0.05) is 17.7 Å². The van der Waals surface area contributed by atoms with E-state index in [1.807, 2.05) is 6.92 Å². The number of nitro groups is 1. The van der Waals surface area contributed by atoms with E-state index in [-0.39, 0.29) is 34.7 Å². The molecule has 3 aromatic rings. The van der Waals surface area contributed by atoms with Crippen LogP contribution in [0.5, 0.6) is 0 Å². The van der Waals surface area contributed by atoms with E-state index in [9.17, 15) is 23.3 Å². The summed E-state index contributed by atoms with van der Waals surface area (Å²) in [5, 5.41) is 11.2. The molecular weight excluding hydrogens is 499 g/mol. The zero-order chi connectivity index (χ0) is 26.7. The lowest BCUT2D eigenvalue weighted by Crippen LogP contribution is -2.43. The van der Waals surface area contributed by atoms with Gasteiger partial charge in [0.25, 0.3) is 5.69 Å². The Bertz CT molecular complexity index is 1450. The third kappa shape index (κ3) is 5.16. The van der Waals surface area contributed by atoms with Crippen LogP contribution in [0.25, 0.3) is 0 Å². The third-order valence-electron chi connectivity index (χ3n) is 6.21. The first-order chi connectivity index (χ1) is 17.6. The molecule has 0 N–H and O–H groups in total. The van der Waals surface area contributed by atoms with Gasteiger partial charge >= 0.3 is 5.97 Å². The molecule has 1 aliphatic heterocycles. The van der Waals surface area contributed by atoms with Gasteiger partial charge in [-0.3, -0.25) is 10.1 Å². The number of sulfonamides is 1. The molecule has 1 heterocycles. The predicted octanol–water partition coefficient (Wildman–Crippen LogP) is 5.41. The monoisotopic (exact) mass is 524 g/mol. The first-order valence-electron chi connectivity index (χ1n) is 11.6. The number of benzene rings is 3. The van der Waals surface area contributed by atoms with Crippen LogP contribution < -0.4 is 0 Å². The SMILES string of the molecule is CCOC(=O)C1=CC[C@@H](c2ccc([N+](=O)[O-])cc2)N(S(=O)(=O)c2ccc(C)cc2)[C@H]1c1ccccc1F. The molecule has 0 aliphatic carbocycles. The molecule has 3 aromatic carbocycles. The number of ether oxygens (including phenoxy) is 1. The van der Waals surface area contributed by atoms with Crippen molar-refractivity contribution in [3.63, 3.8) is 0 Å². The molecule has 0 saturated heterocycles. The minimum absolute atomic E-state index is 0.000739. The molecule has 0 fully saturated rings. The molecule has 0 saturated carbocycles. The molecule has 2 atom stereocenters. The Kier molecular flexibility index (Phi) is 7.51. The summed E-state index contributed by atoms with van der Waals surface area (Å²) in [6.45, 7) is 3.50. The average Bonchev–Trinajstić information content (AvgIpc) is 2.88. The van der Waals surface area contributed by atoms with Crippen molar-refractivity contribution < 1.29 is 27.3 Å². The number of halogens is 1. The summed E-state index contributed by atoms with van der Waals surface area (Å²) < 4.78 is 49.9. The molecule has 0 unspecified atom stereocenters. The summed E-state index contributed by atoms with van der Waals surface area (Å²) in [7, 11) is -4.31. The number of nitro benzene ring substituents is 1. The van der Waals surface area contributed by atoms with Crippen molar-refractivity contribution >= 4 is 21.7 Å². The number of hydrogen-bond acceptors (Lipinski definition) is 6. The van der Waals surface area contributed by atoms with Crippen LogP contribution in [0, 0.1) is 22.9 Å². The van der Waals surface area contributed by atoms with Gasteiger partial charge in [-0.25, -0.2) is 17.6 Å². The minimum Gasteiger partial charge on any atom is -0.463 e. The zero-order valence-electron chi connectivity index (χ0n) is 20.2. The Balaban J connectivity index is 1.97. The summed E-state index contributed by atoms with van der Waals surface area (Å²) in [5.74, 6) is -1.43. The number of carbonyl (C=O) groups is 1. The molecule has 0 bridgehead atoms. The second kappa shape index (κ2) is 10.6. The van der Waals surface area contributed by atoms with Gasteiger partial charge < -0.3 is 4.74 Å². The first-order valence-corrected chi connectivity index (χ1v) is 13.0. The van der Waals surface area contributed by atoms with Crippen LogP contribution >= 0.6 is 0 Å². The highest BCUT2D eigenvalue weighted by Crippen LogP contribution is 2.46. The van der Waals surface area contributed by atoms with Crippen molar-refractivity contribution in [3.8, 4) is 0 Å². The normalized spacial score (nSPS) is 18.2. The van der Waals surface area contributed by atoms with Crippen molar-refractivity contribution in [2.75, 3.05) is 6.61 Å². The maximum Gasteiger partial charge on any atom is 0.335 e. The van der Waals surface area contributed by atoms with Crippen molar-refractivity contribution in [3.05, 3.63) is 117 Å². The van der Waals surface area contributed by atoms with E-state index in [0.717, 1.165) is 9.87 Å². The Morgan fingerprint density at radius 3 is 2.32 bits per heavy atom. The molecule has 0 aromatic heterocycles.